The highest BCUT2D eigenvalue weighted by Gasteiger charge is 2.28. The average Bonchev–Trinajstić information content (AvgIpc) is 3.01. The smallest absolute Gasteiger partial charge is 0.250 e. The Morgan fingerprint density at radius 3 is 2.62 bits per heavy atom. The van der Waals surface area contributed by atoms with Gasteiger partial charge in [0.05, 0.1) is 10.6 Å². The first-order valence-electron chi connectivity index (χ1n) is 7.73. The summed E-state index contributed by atoms with van der Waals surface area (Å²) >= 11 is 6.14. The van der Waals surface area contributed by atoms with Crippen LogP contribution in [0.1, 0.15) is 36.0 Å². The number of piperidine rings is 1. The van der Waals surface area contributed by atoms with Gasteiger partial charge in [0.25, 0.3) is 0 Å². The van der Waals surface area contributed by atoms with Crippen molar-refractivity contribution in [3.63, 3.8) is 0 Å². The molecule has 1 aromatic carbocycles. The van der Waals surface area contributed by atoms with Crippen molar-refractivity contribution in [2.45, 2.75) is 31.7 Å². The zero-order valence-corrected chi connectivity index (χ0v) is 12.9. The highest BCUT2D eigenvalue weighted by Crippen LogP contribution is 2.30. The predicted molar refractivity (Wildman–Crippen MR) is 85.9 cm³/mol. The molecule has 21 heavy (non-hydrogen) atoms. The average molecular weight is 308 g/mol. The Balaban J connectivity index is 1.64. The van der Waals surface area contributed by atoms with Gasteiger partial charge in [-0.3, -0.25) is 4.79 Å². The summed E-state index contributed by atoms with van der Waals surface area (Å²) in [5.74, 6) is 0.321. The lowest BCUT2D eigenvalue weighted by molar-refractivity contribution is 0.100. The fourth-order valence-corrected chi connectivity index (χ4v) is 3.84. The third-order valence-electron chi connectivity index (χ3n) is 4.79. The van der Waals surface area contributed by atoms with Crippen molar-refractivity contribution in [1.29, 1.82) is 0 Å². The second-order valence-corrected chi connectivity index (χ2v) is 6.46. The number of primary amides is 1. The van der Waals surface area contributed by atoms with Crippen LogP contribution >= 0.6 is 11.6 Å². The van der Waals surface area contributed by atoms with E-state index in [-0.39, 0.29) is 0 Å². The molecule has 0 bridgehead atoms. The highest BCUT2D eigenvalue weighted by molar-refractivity contribution is 6.34. The number of carbonyl (C=O) groups is 1. The zero-order chi connectivity index (χ0) is 14.8. The number of halogens is 1. The number of hydrogen-bond donors (Lipinski definition) is 2. The van der Waals surface area contributed by atoms with Gasteiger partial charge in [-0.15, -0.1) is 0 Å². The predicted octanol–water partition coefficient (Wildman–Crippen LogP) is 2.41. The first kappa shape index (κ1) is 14.7. The number of rotatable bonds is 3. The van der Waals surface area contributed by atoms with Gasteiger partial charge in [-0.2, -0.15) is 0 Å². The lowest BCUT2D eigenvalue weighted by atomic mass is 9.88. The fraction of sp³-hybridized carbons (Fsp3) is 0.562. The molecule has 1 unspecified atom stereocenters. The Morgan fingerprint density at radius 2 is 2.05 bits per heavy atom. The number of nitrogens with one attached hydrogen (secondary N) is 1. The van der Waals surface area contributed by atoms with Crippen molar-refractivity contribution in [2.24, 2.45) is 11.7 Å². The summed E-state index contributed by atoms with van der Waals surface area (Å²) < 4.78 is 0. The highest BCUT2D eigenvalue weighted by atomic mass is 35.5. The minimum absolute atomic E-state index is 0.394. The summed E-state index contributed by atoms with van der Waals surface area (Å²) in [5.41, 5.74) is 6.77. The molecule has 0 aliphatic carbocycles. The molecule has 2 aliphatic rings. The van der Waals surface area contributed by atoms with Gasteiger partial charge in [0, 0.05) is 24.8 Å². The molecule has 0 spiro atoms. The Morgan fingerprint density at radius 1 is 1.29 bits per heavy atom. The van der Waals surface area contributed by atoms with Gasteiger partial charge >= 0.3 is 0 Å². The van der Waals surface area contributed by atoms with Crippen molar-refractivity contribution in [2.75, 3.05) is 24.5 Å². The summed E-state index contributed by atoms with van der Waals surface area (Å²) in [6.45, 7) is 3.28. The molecule has 2 heterocycles. The number of carbonyl (C=O) groups excluding carboxylic acids is 1. The maximum atomic E-state index is 11.2. The molecular weight excluding hydrogens is 286 g/mol. The summed E-state index contributed by atoms with van der Waals surface area (Å²) in [6, 6.07) is 6.24. The molecule has 2 aliphatic heterocycles. The minimum Gasteiger partial charge on any atom is -0.371 e. The molecular formula is C16H22ClN3O. The maximum absolute atomic E-state index is 11.2. The molecule has 3 N–H and O–H groups in total. The molecule has 2 saturated heterocycles. The molecule has 2 fully saturated rings. The third-order valence-corrected chi connectivity index (χ3v) is 5.10. The van der Waals surface area contributed by atoms with Crippen molar-refractivity contribution >= 4 is 23.2 Å². The molecule has 3 rings (SSSR count). The van der Waals surface area contributed by atoms with Crippen molar-refractivity contribution in [3.8, 4) is 0 Å². The SMILES string of the molecule is NC(=O)c1ccc(N2CCC(C3CCCN3)CC2)cc1Cl. The van der Waals surface area contributed by atoms with Gasteiger partial charge in [-0.25, -0.2) is 0 Å². The van der Waals surface area contributed by atoms with Crippen LogP contribution in [-0.2, 0) is 0 Å². The molecule has 1 aromatic rings. The van der Waals surface area contributed by atoms with Crippen LogP contribution in [0.3, 0.4) is 0 Å². The van der Waals surface area contributed by atoms with Crippen LogP contribution in [0.2, 0.25) is 5.02 Å². The second kappa shape index (κ2) is 6.24. The number of nitrogens with zero attached hydrogens (tertiary/aromatic N) is 1. The molecule has 0 radical (unpaired) electrons. The molecule has 1 atom stereocenters. The Kier molecular flexibility index (Phi) is 4.36. The van der Waals surface area contributed by atoms with Crippen LogP contribution in [0.25, 0.3) is 0 Å². The van der Waals surface area contributed by atoms with Crippen LogP contribution in [-0.4, -0.2) is 31.6 Å². The Bertz CT molecular complexity index is 520. The van der Waals surface area contributed by atoms with Crippen molar-refractivity contribution in [1.82, 2.24) is 5.32 Å². The van der Waals surface area contributed by atoms with E-state index in [1.54, 1.807) is 6.07 Å². The number of anilines is 1. The van der Waals surface area contributed by atoms with E-state index in [0.717, 1.165) is 24.7 Å². The second-order valence-electron chi connectivity index (χ2n) is 6.06. The van der Waals surface area contributed by atoms with Crippen LogP contribution in [0, 0.1) is 5.92 Å². The van der Waals surface area contributed by atoms with Gasteiger partial charge in [0.2, 0.25) is 5.91 Å². The van der Waals surface area contributed by atoms with Crippen LogP contribution in [0.15, 0.2) is 18.2 Å². The van der Waals surface area contributed by atoms with E-state index in [1.807, 2.05) is 12.1 Å². The van der Waals surface area contributed by atoms with E-state index in [4.69, 9.17) is 17.3 Å². The lowest BCUT2D eigenvalue weighted by Crippen LogP contribution is -2.40. The van der Waals surface area contributed by atoms with Gasteiger partial charge in [-0.05, 0) is 56.3 Å². The standard InChI is InChI=1S/C16H22ClN3O/c17-14-10-12(3-4-13(14)16(18)21)20-8-5-11(6-9-20)15-2-1-7-19-15/h3-4,10-11,15,19H,1-2,5-9H2,(H2,18,21). The first-order valence-corrected chi connectivity index (χ1v) is 8.10. The first-order chi connectivity index (χ1) is 10.1. The quantitative estimate of drug-likeness (QED) is 0.901. The molecule has 114 valence electrons. The Labute approximate surface area is 130 Å². The molecule has 5 heteroatoms. The molecule has 0 aromatic heterocycles. The third kappa shape index (κ3) is 3.16. The van der Waals surface area contributed by atoms with E-state index in [0.29, 0.717) is 16.6 Å². The largest absolute Gasteiger partial charge is 0.371 e. The topological polar surface area (TPSA) is 58.4 Å². The van der Waals surface area contributed by atoms with Gasteiger partial charge in [-0.1, -0.05) is 11.6 Å². The number of hydrogen-bond acceptors (Lipinski definition) is 3. The fourth-order valence-electron chi connectivity index (χ4n) is 3.57. The van der Waals surface area contributed by atoms with E-state index in [9.17, 15) is 4.79 Å². The monoisotopic (exact) mass is 307 g/mol. The van der Waals surface area contributed by atoms with Crippen molar-refractivity contribution < 1.29 is 4.79 Å². The van der Waals surface area contributed by atoms with Gasteiger partial charge in [0.15, 0.2) is 0 Å². The number of benzene rings is 1. The normalized spacial score (nSPS) is 23.5. The minimum atomic E-state index is -0.474. The van der Waals surface area contributed by atoms with Crippen LogP contribution < -0.4 is 16.0 Å². The van der Waals surface area contributed by atoms with E-state index < -0.39 is 5.91 Å². The Hall–Kier alpha value is -1.26. The van der Waals surface area contributed by atoms with E-state index in [1.165, 1.54) is 32.2 Å². The number of amides is 1. The van der Waals surface area contributed by atoms with Crippen LogP contribution in [0.4, 0.5) is 5.69 Å². The zero-order valence-electron chi connectivity index (χ0n) is 12.1. The summed E-state index contributed by atoms with van der Waals surface area (Å²) in [6.07, 6.45) is 5.07. The summed E-state index contributed by atoms with van der Waals surface area (Å²) in [7, 11) is 0. The van der Waals surface area contributed by atoms with Crippen molar-refractivity contribution in [3.05, 3.63) is 28.8 Å². The van der Waals surface area contributed by atoms with E-state index in [2.05, 4.69) is 10.2 Å². The molecule has 1 amide bonds. The number of nitrogens with two attached hydrogens (primary N) is 1. The lowest BCUT2D eigenvalue weighted by Gasteiger charge is -2.36. The summed E-state index contributed by atoms with van der Waals surface area (Å²) in [4.78, 5) is 13.6. The molecule has 4 nitrogen and oxygen atoms in total. The van der Waals surface area contributed by atoms with Gasteiger partial charge in [0.1, 0.15) is 0 Å². The van der Waals surface area contributed by atoms with Gasteiger partial charge < -0.3 is 16.0 Å². The summed E-state index contributed by atoms with van der Waals surface area (Å²) in [5, 5.41) is 4.06. The van der Waals surface area contributed by atoms with E-state index >= 15 is 0 Å². The molecule has 0 saturated carbocycles. The van der Waals surface area contributed by atoms with Crippen LogP contribution in [0.5, 0.6) is 0 Å². The maximum Gasteiger partial charge on any atom is 0.250 e.